The molecule has 0 aliphatic carbocycles. The van der Waals surface area contributed by atoms with E-state index >= 15 is 0 Å². The maximum atomic E-state index is 12.2. The van der Waals surface area contributed by atoms with Crippen LogP contribution in [0.3, 0.4) is 0 Å². The lowest BCUT2D eigenvalue weighted by atomic mass is 10.1. The molecule has 0 aromatic heterocycles. The SMILES string of the molecule is CCCN(C(=O)c1ccc(N)cc1)C(C)C. The van der Waals surface area contributed by atoms with Gasteiger partial charge in [-0.3, -0.25) is 4.79 Å². The summed E-state index contributed by atoms with van der Waals surface area (Å²) in [6.07, 6.45) is 0.971. The third kappa shape index (κ3) is 2.99. The number of carbonyl (C=O) groups excluding carboxylic acids is 1. The fraction of sp³-hybridized carbons (Fsp3) is 0.462. The monoisotopic (exact) mass is 220 g/mol. The summed E-state index contributed by atoms with van der Waals surface area (Å²) >= 11 is 0. The number of rotatable bonds is 4. The number of benzene rings is 1. The van der Waals surface area contributed by atoms with Gasteiger partial charge in [0.15, 0.2) is 0 Å². The summed E-state index contributed by atoms with van der Waals surface area (Å²) in [6, 6.07) is 7.31. The molecule has 3 nitrogen and oxygen atoms in total. The summed E-state index contributed by atoms with van der Waals surface area (Å²) < 4.78 is 0. The minimum absolute atomic E-state index is 0.0804. The molecule has 1 rings (SSSR count). The van der Waals surface area contributed by atoms with Crippen LogP contribution in [0.1, 0.15) is 37.6 Å². The van der Waals surface area contributed by atoms with Crippen LogP contribution in [0.15, 0.2) is 24.3 Å². The number of nitrogen functional groups attached to an aromatic ring is 1. The van der Waals surface area contributed by atoms with Crippen molar-refractivity contribution < 1.29 is 4.79 Å². The van der Waals surface area contributed by atoms with E-state index in [4.69, 9.17) is 5.73 Å². The molecule has 0 unspecified atom stereocenters. The second-order valence-corrected chi connectivity index (χ2v) is 4.21. The van der Waals surface area contributed by atoms with Gasteiger partial charge in [0.05, 0.1) is 0 Å². The van der Waals surface area contributed by atoms with Crippen molar-refractivity contribution >= 4 is 11.6 Å². The van der Waals surface area contributed by atoms with Crippen LogP contribution in [0.25, 0.3) is 0 Å². The maximum Gasteiger partial charge on any atom is 0.254 e. The number of hydrogen-bond donors (Lipinski definition) is 1. The van der Waals surface area contributed by atoms with Crippen LogP contribution >= 0.6 is 0 Å². The van der Waals surface area contributed by atoms with Gasteiger partial charge in [0.2, 0.25) is 0 Å². The zero-order valence-corrected chi connectivity index (χ0v) is 10.2. The second kappa shape index (κ2) is 5.54. The Morgan fingerprint density at radius 1 is 1.31 bits per heavy atom. The van der Waals surface area contributed by atoms with E-state index in [1.807, 2.05) is 18.7 Å². The topological polar surface area (TPSA) is 46.3 Å². The van der Waals surface area contributed by atoms with Crippen molar-refractivity contribution in [2.45, 2.75) is 33.2 Å². The first kappa shape index (κ1) is 12.6. The van der Waals surface area contributed by atoms with Gasteiger partial charge in [-0.2, -0.15) is 0 Å². The average molecular weight is 220 g/mol. The molecule has 0 heterocycles. The number of anilines is 1. The summed E-state index contributed by atoms with van der Waals surface area (Å²) in [4.78, 5) is 14.1. The molecule has 2 N–H and O–H groups in total. The molecule has 3 heteroatoms. The largest absolute Gasteiger partial charge is 0.399 e. The van der Waals surface area contributed by atoms with Crippen molar-refractivity contribution in [1.29, 1.82) is 0 Å². The van der Waals surface area contributed by atoms with Crippen molar-refractivity contribution in [3.63, 3.8) is 0 Å². The summed E-state index contributed by atoms with van der Waals surface area (Å²) in [6.45, 7) is 6.93. The van der Waals surface area contributed by atoms with Crippen LogP contribution in [0.4, 0.5) is 5.69 Å². The normalized spacial score (nSPS) is 10.5. The van der Waals surface area contributed by atoms with Gasteiger partial charge in [-0.25, -0.2) is 0 Å². The Balaban J connectivity index is 2.86. The van der Waals surface area contributed by atoms with E-state index in [1.54, 1.807) is 24.3 Å². The highest BCUT2D eigenvalue weighted by Gasteiger charge is 2.17. The molecule has 0 fully saturated rings. The minimum Gasteiger partial charge on any atom is -0.399 e. The Labute approximate surface area is 97.2 Å². The molecule has 0 radical (unpaired) electrons. The Morgan fingerprint density at radius 2 is 1.88 bits per heavy atom. The van der Waals surface area contributed by atoms with Gasteiger partial charge in [-0.15, -0.1) is 0 Å². The highest BCUT2D eigenvalue weighted by atomic mass is 16.2. The second-order valence-electron chi connectivity index (χ2n) is 4.21. The van der Waals surface area contributed by atoms with E-state index in [1.165, 1.54) is 0 Å². The highest BCUT2D eigenvalue weighted by molar-refractivity contribution is 5.94. The lowest BCUT2D eigenvalue weighted by Crippen LogP contribution is -2.37. The smallest absolute Gasteiger partial charge is 0.254 e. The van der Waals surface area contributed by atoms with E-state index in [-0.39, 0.29) is 11.9 Å². The Morgan fingerprint density at radius 3 is 2.31 bits per heavy atom. The number of hydrogen-bond acceptors (Lipinski definition) is 2. The van der Waals surface area contributed by atoms with Crippen LogP contribution in [0, 0.1) is 0 Å². The first-order valence-electron chi connectivity index (χ1n) is 5.72. The third-order valence-electron chi connectivity index (χ3n) is 2.51. The molecular weight excluding hydrogens is 200 g/mol. The van der Waals surface area contributed by atoms with Crippen molar-refractivity contribution in [2.75, 3.05) is 12.3 Å². The van der Waals surface area contributed by atoms with Gasteiger partial charge in [0, 0.05) is 23.8 Å². The molecule has 0 bridgehead atoms. The zero-order valence-electron chi connectivity index (χ0n) is 10.2. The standard InChI is InChI=1S/C13H20N2O/c1-4-9-15(10(2)3)13(16)11-5-7-12(14)8-6-11/h5-8,10H,4,9,14H2,1-3H3. The van der Waals surface area contributed by atoms with Gasteiger partial charge >= 0.3 is 0 Å². The molecule has 0 atom stereocenters. The van der Waals surface area contributed by atoms with E-state index in [0.29, 0.717) is 11.3 Å². The Hall–Kier alpha value is -1.51. The summed E-state index contributed by atoms with van der Waals surface area (Å²) in [5.74, 6) is 0.0804. The van der Waals surface area contributed by atoms with E-state index in [9.17, 15) is 4.79 Å². The number of nitrogens with zero attached hydrogens (tertiary/aromatic N) is 1. The molecule has 1 aromatic carbocycles. The Kier molecular flexibility index (Phi) is 4.35. The number of carbonyl (C=O) groups is 1. The first-order valence-corrected chi connectivity index (χ1v) is 5.72. The van der Waals surface area contributed by atoms with Crippen molar-refractivity contribution in [3.05, 3.63) is 29.8 Å². The highest BCUT2D eigenvalue weighted by Crippen LogP contribution is 2.11. The predicted molar refractivity (Wildman–Crippen MR) is 67.3 cm³/mol. The van der Waals surface area contributed by atoms with Crippen molar-refractivity contribution in [3.8, 4) is 0 Å². The minimum atomic E-state index is 0.0804. The van der Waals surface area contributed by atoms with Crippen LogP contribution in [0.5, 0.6) is 0 Å². The number of amides is 1. The molecule has 1 aromatic rings. The zero-order chi connectivity index (χ0) is 12.1. The van der Waals surface area contributed by atoms with Gasteiger partial charge in [0.25, 0.3) is 5.91 Å². The van der Waals surface area contributed by atoms with E-state index in [2.05, 4.69) is 6.92 Å². The fourth-order valence-electron chi connectivity index (χ4n) is 1.63. The molecule has 0 aliphatic heterocycles. The van der Waals surface area contributed by atoms with Gasteiger partial charge < -0.3 is 10.6 Å². The van der Waals surface area contributed by atoms with Gasteiger partial charge in [-0.1, -0.05) is 6.92 Å². The average Bonchev–Trinajstić information content (AvgIpc) is 2.25. The quantitative estimate of drug-likeness (QED) is 0.792. The Bertz CT molecular complexity index is 343. The molecule has 0 saturated heterocycles. The van der Waals surface area contributed by atoms with Crippen molar-refractivity contribution in [2.24, 2.45) is 0 Å². The van der Waals surface area contributed by atoms with E-state index in [0.717, 1.165) is 13.0 Å². The van der Waals surface area contributed by atoms with E-state index < -0.39 is 0 Å². The molecule has 1 amide bonds. The fourth-order valence-corrected chi connectivity index (χ4v) is 1.63. The molecule has 88 valence electrons. The summed E-state index contributed by atoms with van der Waals surface area (Å²) in [7, 11) is 0. The van der Waals surface area contributed by atoms with Crippen LogP contribution < -0.4 is 5.73 Å². The number of nitrogens with two attached hydrogens (primary N) is 1. The molecule has 0 spiro atoms. The third-order valence-corrected chi connectivity index (χ3v) is 2.51. The molecule has 0 saturated carbocycles. The predicted octanol–water partition coefficient (Wildman–Crippen LogP) is 2.53. The lowest BCUT2D eigenvalue weighted by Gasteiger charge is -2.26. The maximum absolute atomic E-state index is 12.2. The van der Waals surface area contributed by atoms with Gasteiger partial charge in [-0.05, 0) is 44.5 Å². The van der Waals surface area contributed by atoms with Crippen LogP contribution in [-0.4, -0.2) is 23.4 Å². The molecular formula is C13H20N2O. The van der Waals surface area contributed by atoms with Crippen LogP contribution in [0.2, 0.25) is 0 Å². The summed E-state index contributed by atoms with van der Waals surface area (Å²) in [5.41, 5.74) is 6.98. The summed E-state index contributed by atoms with van der Waals surface area (Å²) in [5, 5.41) is 0. The van der Waals surface area contributed by atoms with Crippen LogP contribution in [-0.2, 0) is 0 Å². The lowest BCUT2D eigenvalue weighted by molar-refractivity contribution is 0.0706. The van der Waals surface area contributed by atoms with Gasteiger partial charge in [0.1, 0.15) is 0 Å². The first-order chi connectivity index (χ1) is 7.56. The molecule has 0 aliphatic rings. The van der Waals surface area contributed by atoms with Crippen molar-refractivity contribution in [1.82, 2.24) is 4.90 Å². The molecule has 16 heavy (non-hydrogen) atoms.